The number of nitrogens with zero attached hydrogens (tertiary/aromatic N) is 1. The van der Waals surface area contributed by atoms with Crippen LogP contribution in [-0.4, -0.2) is 21.5 Å². The van der Waals surface area contributed by atoms with Gasteiger partial charge in [0, 0.05) is 24.9 Å². The van der Waals surface area contributed by atoms with Crippen molar-refractivity contribution in [3.05, 3.63) is 67.3 Å². The van der Waals surface area contributed by atoms with Crippen molar-refractivity contribution in [3.8, 4) is 11.8 Å². The average molecular weight is 543 g/mol. The second kappa shape index (κ2) is 9.28. The number of rotatable bonds is 5. The van der Waals surface area contributed by atoms with Gasteiger partial charge in [-0.3, -0.25) is 10.1 Å². The highest BCUT2D eigenvalue weighted by Gasteiger charge is 2.53. The number of aromatic nitrogens is 1. The van der Waals surface area contributed by atoms with E-state index < -0.39 is 23.6 Å². The third kappa shape index (κ3) is 4.67. The lowest BCUT2D eigenvalue weighted by atomic mass is 10.1. The lowest BCUT2D eigenvalue weighted by molar-refractivity contribution is -0.139. The quantitative estimate of drug-likeness (QED) is 0.260. The summed E-state index contributed by atoms with van der Waals surface area (Å²) in [6.07, 6.45) is 0.261. The van der Waals surface area contributed by atoms with Crippen LogP contribution in [0.25, 0.3) is 9.40 Å². The van der Waals surface area contributed by atoms with Crippen LogP contribution >= 0.6 is 45.8 Å². The monoisotopic (exact) mass is 542 g/mol. The first kappa shape index (κ1) is 23.8. The van der Waals surface area contributed by atoms with Crippen molar-refractivity contribution in [1.82, 2.24) is 4.37 Å². The summed E-state index contributed by atoms with van der Waals surface area (Å²) < 4.78 is 11.9. The molecule has 1 aromatic carbocycles. The van der Waals surface area contributed by atoms with Crippen LogP contribution in [0, 0.1) is 18.8 Å². The first-order valence-electron chi connectivity index (χ1n) is 10.7. The minimum absolute atomic E-state index is 0.523. The summed E-state index contributed by atoms with van der Waals surface area (Å²) in [7, 11) is 0. The number of benzene rings is 1. The zero-order valence-corrected chi connectivity index (χ0v) is 21.9. The van der Waals surface area contributed by atoms with E-state index in [1.54, 1.807) is 19.9 Å². The van der Waals surface area contributed by atoms with E-state index in [4.69, 9.17) is 16.3 Å². The first-order valence-corrected chi connectivity index (χ1v) is 13.5. The van der Waals surface area contributed by atoms with E-state index in [1.807, 2.05) is 30.3 Å². The fraction of sp³-hybridized carbons (Fsp3) is 0.240. The number of hydrogen-bond acceptors (Lipinski definition) is 7. The molecule has 1 unspecified atom stereocenters. The summed E-state index contributed by atoms with van der Waals surface area (Å²) in [5.74, 6) is 5.52. The molecule has 3 heterocycles. The van der Waals surface area contributed by atoms with Crippen LogP contribution < -0.4 is 5.32 Å². The summed E-state index contributed by atoms with van der Waals surface area (Å²) in [4.78, 5) is 26.6. The molecule has 35 heavy (non-hydrogen) atoms. The number of nitrogens with one attached hydrogen (secondary N) is 1. The summed E-state index contributed by atoms with van der Waals surface area (Å²) >= 11 is 10.5. The molecule has 1 aliphatic rings. The Bertz CT molecular complexity index is 1490. The molecule has 5 rings (SSSR count). The number of carbonyl (C=O) groups is 2. The molecule has 1 fully saturated rings. The molecule has 4 aromatic rings. The number of amides is 1. The lowest BCUT2D eigenvalue weighted by Crippen LogP contribution is -2.17. The van der Waals surface area contributed by atoms with Crippen LogP contribution in [0.3, 0.4) is 0 Å². The number of carboxylic acid groups (broad SMARTS) is 1. The Morgan fingerprint density at radius 1 is 1.20 bits per heavy atom. The standard InChI is InChI=1S/C25H19ClN2O4S3/c1-13-22(27-24(31)32-14(2)16-5-3-4-6-17(16)26)18(35-28-13)8-7-15-11-19-20(33-15)12-21(34-19)25(9-10-25)23(29)30/h3-6,11-12,14H,9-10H2,1-2H3,(H,27,31)(H,29,30). The van der Waals surface area contributed by atoms with Crippen LogP contribution in [0.15, 0.2) is 36.4 Å². The second-order valence-electron chi connectivity index (χ2n) is 8.25. The van der Waals surface area contributed by atoms with Gasteiger partial charge in [0.25, 0.3) is 0 Å². The molecule has 6 nitrogen and oxygen atoms in total. The molecule has 1 saturated carbocycles. The van der Waals surface area contributed by atoms with Crippen molar-refractivity contribution in [3.63, 3.8) is 0 Å². The van der Waals surface area contributed by atoms with E-state index in [9.17, 15) is 14.7 Å². The van der Waals surface area contributed by atoms with Crippen molar-refractivity contribution in [2.45, 2.75) is 38.2 Å². The number of aryl methyl sites for hydroxylation is 1. The fourth-order valence-electron chi connectivity index (χ4n) is 3.70. The van der Waals surface area contributed by atoms with Gasteiger partial charge in [-0.15, -0.1) is 22.7 Å². The Morgan fingerprint density at radius 2 is 1.94 bits per heavy atom. The van der Waals surface area contributed by atoms with E-state index in [2.05, 4.69) is 21.5 Å². The zero-order chi connectivity index (χ0) is 24.7. The molecule has 1 amide bonds. The molecule has 0 saturated heterocycles. The Morgan fingerprint density at radius 3 is 2.63 bits per heavy atom. The van der Waals surface area contributed by atoms with Crippen LogP contribution in [-0.2, 0) is 14.9 Å². The summed E-state index contributed by atoms with van der Waals surface area (Å²) in [5.41, 5.74) is 1.22. The molecule has 0 radical (unpaired) electrons. The van der Waals surface area contributed by atoms with Crippen molar-refractivity contribution >= 4 is 73.0 Å². The van der Waals surface area contributed by atoms with Crippen LogP contribution in [0.4, 0.5) is 10.5 Å². The number of hydrogen-bond donors (Lipinski definition) is 2. The van der Waals surface area contributed by atoms with Gasteiger partial charge in [-0.05, 0) is 68.3 Å². The summed E-state index contributed by atoms with van der Waals surface area (Å²) in [6, 6.07) is 11.2. The second-order valence-corrected chi connectivity index (χ2v) is 11.6. The van der Waals surface area contributed by atoms with Gasteiger partial charge >= 0.3 is 12.1 Å². The maximum Gasteiger partial charge on any atom is 0.412 e. The van der Waals surface area contributed by atoms with Crippen LogP contribution in [0.5, 0.6) is 0 Å². The normalized spacial score (nSPS) is 14.7. The van der Waals surface area contributed by atoms with Gasteiger partial charge in [0.1, 0.15) is 16.4 Å². The summed E-state index contributed by atoms with van der Waals surface area (Å²) in [6.45, 7) is 3.56. The Balaban J connectivity index is 1.30. The van der Waals surface area contributed by atoms with Crippen LogP contribution in [0.1, 0.15) is 51.8 Å². The number of aliphatic carboxylic acids is 1. The van der Waals surface area contributed by atoms with E-state index in [0.29, 0.717) is 34.1 Å². The predicted molar refractivity (Wildman–Crippen MR) is 141 cm³/mol. The largest absolute Gasteiger partial charge is 0.481 e. The van der Waals surface area contributed by atoms with Gasteiger partial charge in [0.2, 0.25) is 0 Å². The number of carboxylic acids is 1. The molecule has 0 aliphatic heterocycles. The zero-order valence-electron chi connectivity index (χ0n) is 18.7. The van der Waals surface area contributed by atoms with E-state index in [-0.39, 0.29) is 0 Å². The van der Waals surface area contributed by atoms with Crippen molar-refractivity contribution < 1.29 is 19.4 Å². The number of ether oxygens (including phenoxy) is 1. The molecule has 178 valence electrons. The van der Waals surface area contributed by atoms with Crippen molar-refractivity contribution in [2.75, 3.05) is 5.32 Å². The van der Waals surface area contributed by atoms with E-state index in [1.165, 1.54) is 34.2 Å². The fourth-order valence-corrected chi connectivity index (χ4v) is 7.19. The number of thiophene rings is 2. The average Bonchev–Trinajstić information content (AvgIpc) is 3.25. The Kier molecular flexibility index (Phi) is 6.32. The Hall–Kier alpha value is -2.90. The maximum atomic E-state index is 12.5. The maximum absolute atomic E-state index is 12.5. The van der Waals surface area contributed by atoms with E-state index >= 15 is 0 Å². The number of carbonyl (C=O) groups excluding carboxylic acids is 1. The van der Waals surface area contributed by atoms with Crippen LogP contribution in [0.2, 0.25) is 5.02 Å². The molecule has 1 atom stereocenters. The van der Waals surface area contributed by atoms with Gasteiger partial charge in [-0.25, -0.2) is 4.79 Å². The number of anilines is 1. The van der Waals surface area contributed by atoms with Crippen molar-refractivity contribution in [1.29, 1.82) is 0 Å². The molecule has 3 aromatic heterocycles. The molecular weight excluding hydrogens is 524 g/mol. The first-order chi connectivity index (χ1) is 16.8. The minimum Gasteiger partial charge on any atom is -0.481 e. The summed E-state index contributed by atoms with van der Waals surface area (Å²) in [5, 5.41) is 12.8. The van der Waals surface area contributed by atoms with Crippen molar-refractivity contribution in [2.24, 2.45) is 0 Å². The molecule has 1 aliphatic carbocycles. The van der Waals surface area contributed by atoms with Gasteiger partial charge in [0.15, 0.2) is 0 Å². The third-order valence-corrected chi connectivity index (χ3v) is 9.47. The highest BCUT2D eigenvalue weighted by Crippen LogP contribution is 2.52. The number of fused-ring (bicyclic) bond motifs is 1. The Labute approximate surface area is 218 Å². The SMILES string of the molecule is Cc1nsc(C#Cc2cc3sc(C4(C(=O)O)CC4)cc3s2)c1NC(=O)OC(C)c1ccccc1Cl. The molecule has 0 spiro atoms. The van der Waals surface area contributed by atoms with Gasteiger partial charge in [-0.1, -0.05) is 29.8 Å². The van der Waals surface area contributed by atoms with Gasteiger partial charge in [0.05, 0.1) is 16.3 Å². The number of halogens is 1. The topological polar surface area (TPSA) is 88.5 Å². The van der Waals surface area contributed by atoms with E-state index in [0.717, 1.165) is 24.7 Å². The molecular formula is C25H19ClN2O4S3. The molecule has 0 bridgehead atoms. The molecule has 2 N–H and O–H groups in total. The lowest BCUT2D eigenvalue weighted by Gasteiger charge is -2.15. The highest BCUT2D eigenvalue weighted by molar-refractivity contribution is 7.28. The van der Waals surface area contributed by atoms with Gasteiger partial charge < -0.3 is 9.84 Å². The smallest absolute Gasteiger partial charge is 0.412 e. The predicted octanol–water partition coefficient (Wildman–Crippen LogP) is 7.21. The minimum atomic E-state index is -0.744. The van der Waals surface area contributed by atoms with Gasteiger partial charge in [-0.2, -0.15) is 4.37 Å². The molecule has 10 heteroatoms. The highest BCUT2D eigenvalue weighted by atomic mass is 35.5. The third-order valence-electron chi connectivity index (χ3n) is 5.85.